The zero-order valence-electron chi connectivity index (χ0n) is 7.19. The molecule has 0 aromatic carbocycles. The molecule has 1 aromatic rings. The lowest BCUT2D eigenvalue weighted by Crippen LogP contribution is -1.96. The molecule has 1 unspecified atom stereocenters. The number of allylic oxidation sites excluding steroid dienone is 1. The predicted molar refractivity (Wildman–Crippen MR) is 51.3 cm³/mol. The monoisotopic (exact) mass is 195 g/mol. The minimum Gasteiger partial charge on any atom is -0.441 e. The Morgan fingerprint density at radius 1 is 1.77 bits per heavy atom. The van der Waals surface area contributed by atoms with Crippen LogP contribution in [0, 0.1) is 6.92 Å². The van der Waals surface area contributed by atoms with Crippen LogP contribution in [0.2, 0.25) is 0 Å². The smallest absolute Gasteiger partial charge is 0.191 e. The fraction of sp³-hybridized carbons (Fsp3) is 0.333. The van der Waals surface area contributed by atoms with E-state index in [2.05, 4.69) is 4.98 Å². The Hall–Kier alpha value is -1.03. The summed E-state index contributed by atoms with van der Waals surface area (Å²) in [6, 6.07) is 0. The Morgan fingerprint density at radius 3 is 3.15 bits per heavy atom. The van der Waals surface area contributed by atoms with Crippen molar-refractivity contribution in [3.05, 3.63) is 23.9 Å². The van der Waals surface area contributed by atoms with E-state index in [1.807, 2.05) is 6.08 Å². The standard InChI is InChI=1S/C9H9NO2S/c1-6-10-4-8(12-6)9-3-2-7(5-11)13-9/h3-5,7H,2H2,1H3. The molecule has 13 heavy (non-hydrogen) atoms. The predicted octanol–water partition coefficient (Wildman–Crippen LogP) is 2.03. The van der Waals surface area contributed by atoms with Gasteiger partial charge in [0.2, 0.25) is 0 Å². The number of rotatable bonds is 2. The largest absolute Gasteiger partial charge is 0.441 e. The van der Waals surface area contributed by atoms with Gasteiger partial charge in [-0.25, -0.2) is 4.98 Å². The minimum absolute atomic E-state index is 0.0559. The van der Waals surface area contributed by atoms with Crippen LogP contribution in [0.25, 0.3) is 4.91 Å². The van der Waals surface area contributed by atoms with Crippen LogP contribution in [0.15, 0.2) is 16.7 Å². The van der Waals surface area contributed by atoms with E-state index in [-0.39, 0.29) is 5.25 Å². The average Bonchev–Trinajstić information content (AvgIpc) is 2.71. The summed E-state index contributed by atoms with van der Waals surface area (Å²) >= 11 is 1.54. The van der Waals surface area contributed by atoms with Crippen LogP contribution in [0.5, 0.6) is 0 Å². The van der Waals surface area contributed by atoms with Crippen molar-refractivity contribution in [2.24, 2.45) is 0 Å². The molecule has 68 valence electrons. The van der Waals surface area contributed by atoms with Gasteiger partial charge in [0, 0.05) is 11.8 Å². The molecule has 2 rings (SSSR count). The highest BCUT2D eigenvalue weighted by Gasteiger charge is 2.20. The van der Waals surface area contributed by atoms with Gasteiger partial charge in [0.15, 0.2) is 11.7 Å². The molecule has 0 aliphatic carbocycles. The molecule has 1 aliphatic rings. The second kappa shape index (κ2) is 3.38. The summed E-state index contributed by atoms with van der Waals surface area (Å²) in [5.41, 5.74) is 0. The third kappa shape index (κ3) is 1.67. The molecule has 0 saturated carbocycles. The lowest BCUT2D eigenvalue weighted by Gasteiger charge is -1.97. The van der Waals surface area contributed by atoms with Crippen molar-refractivity contribution in [1.29, 1.82) is 0 Å². The van der Waals surface area contributed by atoms with Crippen molar-refractivity contribution in [2.45, 2.75) is 18.6 Å². The second-order valence-corrected chi connectivity index (χ2v) is 4.12. The van der Waals surface area contributed by atoms with Crippen LogP contribution in [0.1, 0.15) is 18.1 Å². The first-order chi connectivity index (χ1) is 6.29. The second-order valence-electron chi connectivity index (χ2n) is 2.84. The van der Waals surface area contributed by atoms with Crippen molar-refractivity contribution in [1.82, 2.24) is 4.98 Å². The van der Waals surface area contributed by atoms with E-state index in [1.54, 1.807) is 13.1 Å². The van der Waals surface area contributed by atoms with E-state index in [0.717, 1.165) is 23.4 Å². The normalized spacial score (nSPS) is 21.6. The van der Waals surface area contributed by atoms with Gasteiger partial charge in [0.05, 0.1) is 11.4 Å². The average molecular weight is 195 g/mol. The summed E-state index contributed by atoms with van der Waals surface area (Å²) in [6.45, 7) is 1.81. The van der Waals surface area contributed by atoms with Crippen LogP contribution < -0.4 is 0 Å². The summed E-state index contributed by atoms with van der Waals surface area (Å²) in [5.74, 6) is 1.43. The van der Waals surface area contributed by atoms with Gasteiger partial charge in [-0.1, -0.05) is 6.08 Å². The SMILES string of the molecule is Cc1ncc(C2=CCC(C=O)S2)o1. The third-order valence-electron chi connectivity index (χ3n) is 1.83. The highest BCUT2D eigenvalue weighted by atomic mass is 32.2. The number of aryl methyl sites for hydroxylation is 1. The Morgan fingerprint density at radius 2 is 2.62 bits per heavy atom. The molecule has 0 radical (unpaired) electrons. The lowest BCUT2D eigenvalue weighted by atomic mass is 10.3. The zero-order chi connectivity index (χ0) is 9.26. The van der Waals surface area contributed by atoms with Gasteiger partial charge < -0.3 is 9.21 Å². The number of nitrogens with zero attached hydrogens (tertiary/aromatic N) is 1. The van der Waals surface area contributed by atoms with Crippen LogP contribution in [-0.4, -0.2) is 16.5 Å². The van der Waals surface area contributed by atoms with Crippen molar-refractivity contribution in [2.75, 3.05) is 0 Å². The summed E-state index contributed by atoms with van der Waals surface area (Å²) in [5, 5.41) is 0.0559. The summed E-state index contributed by atoms with van der Waals surface area (Å²) in [4.78, 5) is 15.5. The molecule has 0 amide bonds. The first-order valence-corrected chi connectivity index (χ1v) is 4.92. The molecule has 0 fully saturated rings. The van der Waals surface area contributed by atoms with Gasteiger partial charge in [-0.05, 0) is 6.42 Å². The van der Waals surface area contributed by atoms with Crippen molar-refractivity contribution in [3.63, 3.8) is 0 Å². The molecule has 4 heteroatoms. The molecular weight excluding hydrogens is 186 g/mol. The lowest BCUT2D eigenvalue weighted by molar-refractivity contribution is -0.107. The molecule has 0 spiro atoms. The van der Waals surface area contributed by atoms with Gasteiger partial charge in [0.25, 0.3) is 0 Å². The molecule has 0 saturated heterocycles. The zero-order valence-corrected chi connectivity index (χ0v) is 8.00. The van der Waals surface area contributed by atoms with E-state index in [1.165, 1.54) is 11.8 Å². The van der Waals surface area contributed by atoms with E-state index in [4.69, 9.17) is 4.42 Å². The van der Waals surface area contributed by atoms with E-state index >= 15 is 0 Å². The number of carbonyl (C=O) groups excluding carboxylic acids is 1. The molecule has 1 aliphatic heterocycles. The number of oxazole rings is 1. The molecule has 1 atom stereocenters. The fourth-order valence-electron chi connectivity index (χ4n) is 1.20. The molecular formula is C9H9NO2S. The van der Waals surface area contributed by atoms with Crippen molar-refractivity contribution < 1.29 is 9.21 Å². The summed E-state index contributed by atoms with van der Waals surface area (Å²) in [7, 11) is 0. The number of aromatic nitrogens is 1. The van der Waals surface area contributed by atoms with Gasteiger partial charge in [0.1, 0.15) is 6.29 Å². The maximum atomic E-state index is 10.5. The minimum atomic E-state index is 0.0559. The third-order valence-corrected chi connectivity index (χ3v) is 3.06. The van der Waals surface area contributed by atoms with Crippen LogP contribution in [-0.2, 0) is 4.79 Å². The van der Waals surface area contributed by atoms with Crippen LogP contribution in [0.4, 0.5) is 0 Å². The number of hydrogen-bond donors (Lipinski definition) is 0. The maximum absolute atomic E-state index is 10.5. The molecule has 0 N–H and O–H groups in total. The Labute approximate surface area is 80.2 Å². The molecule has 1 aromatic heterocycles. The maximum Gasteiger partial charge on any atom is 0.191 e. The summed E-state index contributed by atoms with van der Waals surface area (Å²) < 4.78 is 5.34. The van der Waals surface area contributed by atoms with Gasteiger partial charge >= 0.3 is 0 Å². The van der Waals surface area contributed by atoms with Crippen LogP contribution in [0.3, 0.4) is 0 Å². The first-order valence-electron chi connectivity index (χ1n) is 4.04. The number of carbonyl (C=O) groups is 1. The highest BCUT2D eigenvalue weighted by molar-refractivity contribution is 8.09. The molecule has 2 heterocycles. The number of thioether (sulfide) groups is 1. The van der Waals surface area contributed by atoms with Crippen LogP contribution >= 0.6 is 11.8 Å². The topological polar surface area (TPSA) is 43.1 Å². The highest BCUT2D eigenvalue weighted by Crippen LogP contribution is 2.38. The van der Waals surface area contributed by atoms with Crippen molar-refractivity contribution in [3.8, 4) is 0 Å². The first kappa shape index (κ1) is 8.56. The number of hydrogen-bond acceptors (Lipinski definition) is 4. The van der Waals surface area contributed by atoms with E-state index in [0.29, 0.717) is 5.89 Å². The fourth-order valence-corrected chi connectivity index (χ4v) is 2.18. The van der Waals surface area contributed by atoms with E-state index < -0.39 is 0 Å². The van der Waals surface area contributed by atoms with Gasteiger partial charge in [-0.3, -0.25) is 0 Å². The molecule has 0 bridgehead atoms. The number of aldehydes is 1. The Kier molecular flexibility index (Phi) is 2.22. The van der Waals surface area contributed by atoms with Gasteiger partial charge in [-0.2, -0.15) is 0 Å². The Balaban J connectivity index is 2.16. The molecule has 3 nitrogen and oxygen atoms in total. The Bertz CT molecular complexity index is 356. The van der Waals surface area contributed by atoms with E-state index in [9.17, 15) is 4.79 Å². The quantitative estimate of drug-likeness (QED) is 0.677. The van der Waals surface area contributed by atoms with Gasteiger partial charge in [-0.15, -0.1) is 11.8 Å². The van der Waals surface area contributed by atoms with Crippen molar-refractivity contribution >= 4 is 23.0 Å². The summed E-state index contributed by atoms with van der Waals surface area (Å²) in [6.07, 6.45) is 5.48.